The maximum atomic E-state index is 12.4. The van der Waals surface area contributed by atoms with E-state index in [1.807, 2.05) is 45.9 Å². The Labute approximate surface area is 159 Å². The molecule has 1 aromatic heterocycles. The second-order valence-corrected chi connectivity index (χ2v) is 8.60. The van der Waals surface area contributed by atoms with Crippen LogP contribution in [-0.4, -0.2) is 40.3 Å². The molecule has 2 aromatic rings. The van der Waals surface area contributed by atoms with Crippen LogP contribution in [0.4, 0.5) is 0 Å². The smallest absolute Gasteiger partial charge is 0.240 e. The van der Waals surface area contributed by atoms with Crippen molar-refractivity contribution in [3.8, 4) is 0 Å². The van der Waals surface area contributed by atoms with Crippen molar-refractivity contribution in [3.05, 3.63) is 29.3 Å². The molecule has 0 aliphatic carbocycles. The molecule has 0 atom stereocenters. The number of aryl methyl sites for hydroxylation is 1. The first-order valence-electron chi connectivity index (χ1n) is 9.21. The maximum absolute atomic E-state index is 12.4. The molecule has 0 fully saturated rings. The van der Waals surface area contributed by atoms with Gasteiger partial charge in [0.25, 0.3) is 0 Å². The predicted molar refractivity (Wildman–Crippen MR) is 107 cm³/mol. The van der Waals surface area contributed by atoms with Gasteiger partial charge >= 0.3 is 0 Å². The number of likely N-dealkylation sites (N-methyl/N-ethyl adjacent to an activating group) is 1. The fraction of sp³-hybridized carbons (Fsp3) is 0.550. The molecule has 0 saturated heterocycles. The number of carbonyl (C=O) groups is 2. The summed E-state index contributed by atoms with van der Waals surface area (Å²) in [6.07, 6.45) is 3.11. The number of thiazole rings is 1. The van der Waals surface area contributed by atoms with Gasteiger partial charge in [-0.15, -0.1) is 11.3 Å². The molecule has 26 heavy (non-hydrogen) atoms. The minimum absolute atomic E-state index is 0.0425. The van der Waals surface area contributed by atoms with Gasteiger partial charge in [-0.3, -0.25) is 9.59 Å². The Morgan fingerprint density at radius 1 is 1.19 bits per heavy atom. The second kappa shape index (κ2) is 9.12. The molecule has 0 saturated carbocycles. The Kier molecular flexibility index (Phi) is 7.14. The van der Waals surface area contributed by atoms with Crippen molar-refractivity contribution in [3.63, 3.8) is 0 Å². The van der Waals surface area contributed by atoms with Crippen molar-refractivity contribution < 1.29 is 9.59 Å². The predicted octanol–water partition coefficient (Wildman–Crippen LogP) is 3.77. The molecule has 0 aliphatic rings. The van der Waals surface area contributed by atoms with Crippen molar-refractivity contribution in [1.29, 1.82) is 0 Å². The Morgan fingerprint density at radius 3 is 2.58 bits per heavy atom. The number of nitrogens with one attached hydrogen (secondary N) is 1. The zero-order chi connectivity index (χ0) is 19.2. The van der Waals surface area contributed by atoms with Gasteiger partial charge in [-0.25, -0.2) is 4.98 Å². The van der Waals surface area contributed by atoms with Crippen molar-refractivity contribution in [2.24, 2.45) is 0 Å². The summed E-state index contributed by atoms with van der Waals surface area (Å²) >= 11 is 1.72. The largest absolute Gasteiger partial charge is 0.350 e. The van der Waals surface area contributed by atoms with Gasteiger partial charge in [-0.1, -0.05) is 12.1 Å². The van der Waals surface area contributed by atoms with Crippen LogP contribution < -0.4 is 5.32 Å². The van der Waals surface area contributed by atoms with Crippen molar-refractivity contribution in [2.45, 2.75) is 58.9 Å². The Hall–Kier alpha value is -1.95. The number of benzene rings is 1. The zero-order valence-corrected chi connectivity index (χ0v) is 17.0. The van der Waals surface area contributed by atoms with Gasteiger partial charge < -0.3 is 10.2 Å². The number of amides is 2. The third-order valence-corrected chi connectivity index (χ3v) is 5.05. The fourth-order valence-corrected chi connectivity index (χ4v) is 3.75. The first kappa shape index (κ1) is 20.4. The van der Waals surface area contributed by atoms with Crippen LogP contribution >= 0.6 is 11.3 Å². The summed E-state index contributed by atoms with van der Waals surface area (Å²) in [6.45, 7) is 8.39. The summed E-state index contributed by atoms with van der Waals surface area (Å²) in [5, 5.41) is 4.02. The lowest BCUT2D eigenvalue weighted by Crippen LogP contribution is -2.47. The highest BCUT2D eigenvalue weighted by Gasteiger charge is 2.19. The highest BCUT2D eigenvalue weighted by atomic mass is 32.1. The van der Waals surface area contributed by atoms with E-state index >= 15 is 0 Å². The average Bonchev–Trinajstić information content (AvgIpc) is 2.97. The number of carbonyl (C=O) groups excluding carboxylic acids is 2. The Balaban J connectivity index is 1.74. The molecule has 0 radical (unpaired) electrons. The first-order chi connectivity index (χ1) is 12.3. The molecule has 5 nitrogen and oxygen atoms in total. The summed E-state index contributed by atoms with van der Waals surface area (Å²) < 4.78 is 1.21. The number of fused-ring (bicyclic) bond motifs is 1. The number of aromatic nitrogens is 1. The summed E-state index contributed by atoms with van der Waals surface area (Å²) in [4.78, 5) is 30.6. The molecule has 1 heterocycles. The molecule has 0 bridgehead atoms. The van der Waals surface area contributed by atoms with Crippen LogP contribution in [0.2, 0.25) is 0 Å². The van der Waals surface area contributed by atoms with Crippen LogP contribution in [0, 0.1) is 0 Å². The van der Waals surface area contributed by atoms with Gasteiger partial charge in [0.1, 0.15) is 0 Å². The van der Waals surface area contributed by atoms with E-state index < -0.39 is 0 Å². The molecule has 1 aromatic carbocycles. The van der Waals surface area contributed by atoms with E-state index in [0.29, 0.717) is 13.0 Å². The van der Waals surface area contributed by atoms with Crippen LogP contribution in [0.1, 0.15) is 52.0 Å². The summed E-state index contributed by atoms with van der Waals surface area (Å²) in [7, 11) is 0. The molecule has 0 spiro atoms. The molecular formula is C20H29N3O2S. The minimum Gasteiger partial charge on any atom is -0.350 e. The molecular weight excluding hydrogens is 346 g/mol. The van der Waals surface area contributed by atoms with Crippen molar-refractivity contribution >= 4 is 33.4 Å². The van der Waals surface area contributed by atoms with Crippen LogP contribution in [-0.2, 0) is 16.0 Å². The molecule has 6 heteroatoms. The SMILES string of the molecule is CCN(CC(=O)NC(C)(C)C)C(=O)CCCCc1nc2ccccc2s1. The Bertz CT molecular complexity index is 716. The lowest BCUT2D eigenvalue weighted by atomic mass is 10.1. The van der Waals surface area contributed by atoms with Gasteiger partial charge in [0.2, 0.25) is 11.8 Å². The van der Waals surface area contributed by atoms with Crippen LogP contribution in [0.15, 0.2) is 24.3 Å². The topological polar surface area (TPSA) is 62.3 Å². The van der Waals surface area contributed by atoms with E-state index in [9.17, 15) is 9.59 Å². The lowest BCUT2D eigenvalue weighted by Gasteiger charge is -2.25. The quantitative estimate of drug-likeness (QED) is 0.714. The maximum Gasteiger partial charge on any atom is 0.240 e. The van der Waals surface area contributed by atoms with E-state index in [1.54, 1.807) is 16.2 Å². The van der Waals surface area contributed by atoms with Crippen LogP contribution in [0.3, 0.4) is 0 Å². The van der Waals surface area contributed by atoms with E-state index in [0.717, 1.165) is 29.8 Å². The second-order valence-electron chi connectivity index (χ2n) is 7.49. The minimum atomic E-state index is -0.281. The third kappa shape index (κ3) is 6.41. The fourth-order valence-electron chi connectivity index (χ4n) is 2.74. The van der Waals surface area contributed by atoms with Gasteiger partial charge in [0.05, 0.1) is 21.8 Å². The molecule has 142 valence electrons. The van der Waals surface area contributed by atoms with Crippen molar-refractivity contribution in [1.82, 2.24) is 15.2 Å². The molecule has 1 N–H and O–H groups in total. The van der Waals surface area contributed by atoms with E-state index in [4.69, 9.17) is 0 Å². The number of hydrogen-bond donors (Lipinski definition) is 1. The number of para-hydroxylation sites is 1. The molecule has 2 amide bonds. The standard InChI is InChI=1S/C20H29N3O2S/c1-5-23(14-17(24)22-20(2,3)4)19(25)13-9-8-12-18-21-15-10-6-7-11-16(15)26-18/h6-7,10-11H,5,8-9,12-14H2,1-4H3,(H,22,24). The number of unbranched alkanes of at least 4 members (excludes halogenated alkanes) is 1. The van der Waals surface area contributed by atoms with E-state index in [-0.39, 0.29) is 23.9 Å². The Morgan fingerprint density at radius 2 is 1.92 bits per heavy atom. The van der Waals surface area contributed by atoms with Gasteiger partial charge in [-0.05, 0) is 59.1 Å². The molecule has 0 unspecified atom stereocenters. The normalized spacial score (nSPS) is 11.5. The van der Waals surface area contributed by atoms with Gasteiger partial charge in [0.15, 0.2) is 0 Å². The van der Waals surface area contributed by atoms with E-state index in [1.165, 1.54) is 4.70 Å². The first-order valence-corrected chi connectivity index (χ1v) is 10.0. The summed E-state index contributed by atoms with van der Waals surface area (Å²) in [5.41, 5.74) is 0.766. The van der Waals surface area contributed by atoms with Gasteiger partial charge in [-0.2, -0.15) is 0 Å². The highest BCUT2D eigenvalue weighted by molar-refractivity contribution is 7.18. The third-order valence-electron chi connectivity index (χ3n) is 3.95. The zero-order valence-electron chi connectivity index (χ0n) is 16.2. The molecule has 0 aliphatic heterocycles. The van der Waals surface area contributed by atoms with Gasteiger partial charge in [0, 0.05) is 18.5 Å². The highest BCUT2D eigenvalue weighted by Crippen LogP contribution is 2.22. The number of hydrogen-bond acceptors (Lipinski definition) is 4. The van der Waals surface area contributed by atoms with Crippen LogP contribution in [0.25, 0.3) is 10.2 Å². The monoisotopic (exact) mass is 375 g/mol. The van der Waals surface area contributed by atoms with Crippen LogP contribution in [0.5, 0.6) is 0 Å². The number of nitrogens with zero attached hydrogens (tertiary/aromatic N) is 2. The average molecular weight is 376 g/mol. The summed E-state index contributed by atoms with van der Waals surface area (Å²) in [6, 6.07) is 8.14. The number of rotatable bonds is 8. The molecule has 2 rings (SSSR count). The van der Waals surface area contributed by atoms with E-state index in [2.05, 4.69) is 16.4 Å². The summed E-state index contributed by atoms with van der Waals surface area (Å²) in [5.74, 6) is -0.0666. The van der Waals surface area contributed by atoms with Crippen molar-refractivity contribution in [2.75, 3.05) is 13.1 Å². The lowest BCUT2D eigenvalue weighted by molar-refractivity contribution is -0.136.